The fourth-order valence-corrected chi connectivity index (χ4v) is 3.18. The van der Waals surface area contributed by atoms with Crippen molar-refractivity contribution in [3.8, 4) is 0 Å². The van der Waals surface area contributed by atoms with E-state index in [1.54, 1.807) is 4.90 Å². The van der Waals surface area contributed by atoms with Crippen molar-refractivity contribution in [2.45, 2.75) is 51.5 Å². The first-order valence-corrected chi connectivity index (χ1v) is 8.05. The zero-order valence-corrected chi connectivity index (χ0v) is 13.8. The first-order chi connectivity index (χ1) is 10.8. The maximum atomic E-state index is 12.7. The average Bonchev–Trinajstić information content (AvgIpc) is 2.46. The van der Waals surface area contributed by atoms with Crippen LogP contribution in [0.15, 0.2) is 30.3 Å². The molecule has 0 aliphatic carbocycles. The molecule has 2 aliphatic rings. The molecule has 23 heavy (non-hydrogen) atoms. The molecule has 2 heterocycles. The van der Waals surface area contributed by atoms with Gasteiger partial charge in [0.05, 0.1) is 13.0 Å². The predicted octanol–water partition coefficient (Wildman–Crippen LogP) is 2.14. The Bertz CT molecular complexity index is 593. The van der Waals surface area contributed by atoms with Crippen LogP contribution in [0.1, 0.15) is 32.8 Å². The second kappa shape index (κ2) is 5.96. The topological polar surface area (TPSA) is 55.8 Å². The Morgan fingerprint density at radius 3 is 2.61 bits per heavy atom. The largest absolute Gasteiger partial charge is 0.458 e. The maximum absolute atomic E-state index is 12.7. The third kappa shape index (κ3) is 3.39. The number of nitrogens with zero attached hydrogens (tertiary/aromatic N) is 1. The molecule has 2 saturated heterocycles. The molecule has 1 amide bonds. The first kappa shape index (κ1) is 16.0. The molecule has 3 rings (SSSR count). The Hall–Kier alpha value is -1.88. The van der Waals surface area contributed by atoms with Gasteiger partial charge in [-0.3, -0.25) is 4.79 Å². The average molecular weight is 317 g/mol. The molecule has 2 aliphatic heterocycles. The number of ether oxygens (including phenoxy) is 2. The lowest BCUT2D eigenvalue weighted by Gasteiger charge is -2.50. The van der Waals surface area contributed by atoms with Crippen LogP contribution in [0.3, 0.4) is 0 Å². The molecule has 0 radical (unpaired) electrons. The summed E-state index contributed by atoms with van der Waals surface area (Å²) in [4.78, 5) is 26.2. The van der Waals surface area contributed by atoms with Crippen LogP contribution in [0.2, 0.25) is 0 Å². The highest BCUT2D eigenvalue weighted by molar-refractivity contribution is 5.89. The quantitative estimate of drug-likeness (QED) is 0.633. The number of rotatable bonds is 3. The molecular weight excluding hydrogens is 294 g/mol. The maximum Gasteiger partial charge on any atom is 0.329 e. The fraction of sp³-hybridized carbons (Fsp3) is 0.556. The minimum Gasteiger partial charge on any atom is -0.458 e. The first-order valence-electron chi connectivity index (χ1n) is 8.05. The fourth-order valence-electron chi connectivity index (χ4n) is 3.18. The van der Waals surface area contributed by atoms with Crippen molar-refractivity contribution in [2.75, 3.05) is 6.61 Å². The Kier molecular flexibility index (Phi) is 4.15. The smallest absolute Gasteiger partial charge is 0.329 e. The van der Waals surface area contributed by atoms with Crippen LogP contribution in [0, 0.1) is 5.92 Å². The van der Waals surface area contributed by atoms with Crippen LogP contribution < -0.4 is 0 Å². The molecule has 2 fully saturated rings. The minimum atomic E-state index is -0.573. The van der Waals surface area contributed by atoms with Gasteiger partial charge in [0.15, 0.2) is 0 Å². The molecule has 0 aromatic heterocycles. The van der Waals surface area contributed by atoms with Crippen LogP contribution in [0.5, 0.6) is 0 Å². The van der Waals surface area contributed by atoms with Crippen molar-refractivity contribution >= 4 is 11.9 Å². The number of carbonyl (C=O) groups is 2. The zero-order chi connectivity index (χ0) is 16.6. The number of amides is 1. The van der Waals surface area contributed by atoms with Crippen LogP contribution in [0.4, 0.5) is 0 Å². The molecule has 0 unspecified atom stereocenters. The number of fused-ring (bicyclic) bond motifs is 1. The highest BCUT2D eigenvalue weighted by atomic mass is 16.6. The van der Waals surface area contributed by atoms with E-state index in [-0.39, 0.29) is 24.0 Å². The zero-order valence-electron chi connectivity index (χ0n) is 13.8. The van der Waals surface area contributed by atoms with Crippen molar-refractivity contribution in [1.29, 1.82) is 0 Å². The van der Waals surface area contributed by atoms with Crippen molar-refractivity contribution in [3.63, 3.8) is 0 Å². The predicted molar refractivity (Wildman–Crippen MR) is 84.5 cm³/mol. The van der Waals surface area contributed by atoms with Crippen LogP contribution in [-0.4, -0.2) is 41.3 Å². The molecule has 1 aromatic rings. The summed E-state index contributed by atoms with van der Waals surface area (Å²) in [6.07, 6.45) is 0.769. The molecule has 124 valence electrons. The number of β-lactam (4-membered cyclic amide) rings is 1. The summed E-state index contributed by atoms with van der Waals surface area (Å²) in [6.45, 7) is 5.98. The Balaban J connectivity index is 1.81. The standard InChI is InChI=1S/C18H23NO4/c1-18(2,3)23-17(21)16-13(9-12-7-5-4-6-8-12)11-22-15-10-14(20)19(15)16/h4-8,13,15-16H,9-11H2,1-3H3/t13-,15-,16-/m1/s1. The second-order valence-electron chi connectivity index (χ2n) is 7.22. The summed E-state index contributed by atoms with van der Waals surface area (Å²) in [6, 6.07) is 9.39. The normalized spacial score (nSPS) is 27.2. The number of hydrogen-bond donors (Lipinski definition) is 0. The Morgan fingerprint density at radius 1 is 1.30 bits per heavy atom. The van der Waals surface area contributed by atoms with Gasteiger partial charge in [0.1, 0.15) is 17.9 Å². The monoisotopic (exact) mass is 317 g/mol. The highest BCUT2D eigenvalue weighted by Crippen LogP contribution is 2.35. The number of carbonyl (C=O) groups excluding carboxylic acids is 2. The van der Waals surface area contributed by atoms with Crippen LogP contribution in [0.25, 0.3) is 0 Å². The molecule has 5 heteroatoms. The van der Waals surface area contributed by atoms with Crippen molar-refractivity contribution < 1.29 is 19.1 Å². The van der Waals surface area contributed by atoms with Gasteiger partial charge in [0, 0.05) is 5.92 Å². The SMILES string of the molecule is CC(C)(C)OC(=O)[C@H]1[C@H](Cc2ccccc2)CO[C@@H]2CC(=O)N21. The van der Waals surface area contributed by atoms with Gasteiger partial charge < -0.3 is 14.4 Å². The molecule has 0 bridgehead atoms. The van der Waals surface area contributed by atoms with Crippen LogP contribution in [-0.2, 0) is 25.5 Å². The summed E-state index contributed by atoms with van der Waals surface area (Å²) >= 11 is 0. The van der Waals surface area contributed by atoms with Gasteiger partial charge in [0.2, 0.25) is 5.91 Å². The summed E-state index contributed by atoms with van der Waals surface area (Å²) in [7, 11) is 0. The lowest BCUT2D eigenvalue weighted by Crippen LogP contribution is -2.67. The van der Waals surface area contributed by atoms with Crippen LogP contribution >= 0.6 is 0 Å². The van der Waals surface area contributed by atoms with E-state index in [1.165, 1.54) is 0 Å². The molecule has 5 nitrogen and oxygen atoms in total. The lowest BCUT2D eigenvalue weighted by atomic mass is 9.87. The lowest BCUT2D eigenvalue weighted by molar-refractivity contribution is -0.219. The van der Waals surface area contributed by atoms with Crippen molar-refractivity contribution in [1.82, 2.24) is 4.90 Å². The number of benzene rings is 1. The summed E-state index contributed by atoms with van der Waals surface area (Å²) in [5.41, 5.74) is 0.553. The van der Waals surface area contributed by atoms with E-state index in [1.807, 2.05) is 51.1 Å². The van der Waals surface area contributed by atoms with E-state index in [0.717, 1.165) is 5.56 Å². The molecule has 0 N–H and O–H groups in total. The highest BCUT2D eigenvalue weighted by Gasteiger charge is 2.52. The van der Waals surface area contributed by atoms with E-state index in [9.17, 15) is 9.59 Å². The minimum absolute atomic E-state index is 0.0383. The molecule has 3 atom stereocenters. The summed E-state index contributed by atoms with van der Waals surface area (Å²) < 4.78 is 11.3. The van der Waals surface area contributed by atoms with E-state index in [0.29, 0.717) is 19.4 Å². The number of hydrogen-bond acceptors (Lipinski definition) is 4. The number of esters is 1. The van der Waals surface area contributed by atoms with Gasteiger partial charge in [-0.2, -0.15) is 0 Å². The Morgan fingerprint density at radius 2 is 2.00 bits per heavy atom. The van der Waals surface area contributed by atoms with Crippen molar-refractivity contribution in [2.24, 2.45) is 5.92 Å². The molecule has 0 spiro atoms. The van der Waals surface area contributed by atoms with E-state index in [4.69, 9.17) is 9.47 Å². The molecule has 1 aromatic carbocycles. The van der Waals surface area contributed by atoms with Gasteiger partial charge in [-0.1, -0.05) is 30.3 Å². The van der Waals surface area contributed by atoms with E-state index >= 15 is 0 Å². The molecular formula is C18H23NO4. The van der Waals surface area contributed by atoms with E-state index in [2.05, 4.69) is 0 Å². The van der Waals surface area contributed by atoms with Gasteiger partial charge in [-0.05, 0) is 32.8 Å². The summed E-state index contributed by atoms with van der Waals surface area (Å²) in [5, 5.41) is 0. The Labute approximate surface area is 136 Å². The third-order valence-corrected chi connectivity index (χ3v) is 4.19. The second-order valence-corrected chi connectivity index (χ2v) is 7.22. The molecule has 0 saturated carbocycles. The van der Waals surface area contributed by atoms with Crippen molar-refractivity contribution in [3.05, 3.63) is 35.9 Å². The summed E-state index contributed by atoms with van der Waals surface area (Å²) in [5.74, 6) is -0.462. The van der Waals surface area contributed by atoms with Gasteiger partial charge in [-0.15, -0.1) is 0 Å². The third-order valence-electron chi connectivity index (χ3n) is 4.19. The van der Waals surface area contributed by atoms with Gasteiger partial charge in [0.25, 0.3) is 0 Å². The van der Waals surface area contributed by atoms with E-state index < -0.39 is 11.6 Å². The van der Waals surface area contributed by atoms with Gasteiger partial charge in [-0.25, -0.2) is 4.79 Å². The van der Waals surface area contributed by atoms with Gasteiger partial charge >= 0.3 is 5.97 Å².